The zero-order valence-electron chi connectivity index (χ0n) is 17.2. The predicted molar refractivity (Wildman–Crippen MR) is 123 cm³/mol. The van der Waals surface area contributed by atoms with Gasteiger partial charge in [0.1, 0.15) is 0 Å². The average molecular weight is 416 g/mol. The molecule has 0 amide bonds. The van der Waals surface area contributed by atoms with Crippen molar-refractivity contribution in [1.82, 2.24) is 19.9 Å². The van der Waals surface area contributed by atoms with Crippen LogP contribution >= 0.6 is 0 Å². The highest BCUT2D eigenvalue weighted by Crippen LogP contribution is 2.44. The lowest BCUT2D eigenvalue weighted by atomic mass is 9.80. The number of aliphatic hydroxyl groups is 1. The Morgan fingerprint density at radius 2 is 1.12 bits per heavy atom. The van der Waals surface area contributed by atoms with Crippen molar-refractivity contribution < 1.29 is 5.11 Å². The fraction of sp³-hybridized carbons (Fsp3) is 0.0370. The summed E-state index contributed by atoms with van der Waals surface area (Å²) < 4.78 is 0. The van der Waals surface area contributed by atoms with E-state index in [-0.39, 0.29) is 0 Å². The van der Waals surface area contributed by atoms with Crippen LogP contribution in [0.3, 0.4) is 0 Å². The molecule has 0 aromatic carbocycles. The van der Waals surface area contributed by atoms with E-state index >= 15 is 0 Å². The fourth-order valence-corrected chi connectivity index (χ4v) is 3.94. The molecule has 4 aromatic heterocycles. The Labute approximate surface area is 186 Å². The summed E-state index contributed by atoms with van der Waals surface area (Å²) in [6.07, 6.45) is 12.7. The number of aromatic nitrogens is 4. The highest BCUT2D eigenvalue weighted by Gasteiger charge is 2.41. The van der Waals surface area contributed by atoms with E-state index in [1.807, 2.05) is 91.0 Å². The molecule has 0 bridgehead atoms. The Morgan fingerprint density at radius 1 is 0.625 bits per heavy atom. The molecular formula is C27H20N4O. The third-order valence-corrected chi connectivity index (χ3v) is 5.39. The van der Waals surface area contributed by atoms with Gasteiger partial charge in [-0.1, -0.05) is 42.5 Å². The summed E-state index contributed by atoms with van der Waals surface area (Å²) in [6.45, 7) is 0. The Kier molecular flexibility index (Phi) is 5.24. The van der Waals surface area contributed by atoms with Crippen molar-refractivity contribution >= 4 is 5.57 Å². The minimum absolute atomic E-state index is 0.493. The van der Waals surface area contributed by atoms with Crippen LogP contribution < -0.4 is 0 Å². The van der Waals surface area contributed by atoms with Gasteiger partial charge in [-0.2, -0.15) is 0 Å². The SMILES string of the molecule is OC(C1=CC=CC1=C(c1ccccn1)c1ccccn1)(c1ccccn1)c1ccccn1. The maximum Gasteiger partial charge on any atom is 0.174 e. The second-order valence-electron chi connectivity index (χ2n) is 7.30. The molecule has 1 aliphatic carbocycles. The first-order valence-corrected chi connectivity index (χ1v) is 10.3. The van der Waals surface area contributed by atoms with Gasteiger partial charge in [-0.15, -0.1) is 0 Å². The summed E-state index contributed by atoms with van der Waals surface area (Å²) in [7, 11) is 0. The van der Waals surface area contributed by atoms with Gasteiger partial charge in [0.15, 0.2) is 5.60 Å². The summed E-state index contributed by atoms with van der Waals surface area (Å²) in [5.41, 5.74) is 3.28. The van der Waals surface area contributed by atoms with Crippen LogP contribution in [0.5, 0.6) is 0 Å². The Bertz CT molecular complexity index is 1220. The van der Waals surface area contributed by atoms with Crippen molar-refractivity contribution in [1.29, 1.82) is 0 Å². The lowest BCUT2D eigenvalue weighted by Crippen LogP contribution is -2.32. The average Bonchev–Trinajstić information content (AvgIpc) is 3.36. The quantitative estimate of drug-likeness (QED) is 0.519. The number of allylic oxidation sites excluding steroid dienone is 3. The molecule has 1 aliphatic rings. The van der Waals surface area contributed by atoms with Gasteiger partial charge in [-0.05, 0) is 54.1 Å². The molecule has 0 aliphatic heterocycles. The molecule has 4 aromatic rings. The summed E-state index contributed by atoms with van der Waals surface area (Å²) in [4.78, 5) is 18.2. The van der Waals surface area contributed by atoms with Crippen molar-refractivity contribution in [3.63, 3.8) is 0 Å². The topological polar surface area (TPSA) is 71.8 Å². The van der Waals surface area contributed by atoms with E-state index < -0.39 is 5.60 Å². The molecule has 0 unspecified atom stereocenters. The molecule has 5 heteroatoms. The minimum Gasteiger partial charge on any atom is -0.373 e. The standard InChI is InChI=1S/C27H20N4O/c32-27(24-14-3-7-18-30-24,25-15-4-8-19-31-25)21-11-9-10-20(21)26(22-12-1-5-16-28-22)23-13-2-6-17-29-23/h1-19,32H. The molecule has 1 N–H and O–H groups in total. The first-order chi connectivity index (χ1) is 15.8. The fourth-order valence-electron chi connectivity index (χ4n) is 3.94. The second kappa shape index (κ2) is 8.49. The van der Waals surface area contributed by atoms with Crippen molar-refractivity contribution in [2.24, 2.45) is 0 Å². The van der Waals surface area contributed by atoms with E-state index in [1.165, 1.54) is 0 Å². The molecular weight excluding hydrogens is 396 g/mol. The van der Waals surface area contributed by atoms with E-state index in [0.717, 1.165) is 22.5 Å². The van der Waals surface area contributed by atoms with Gasteiger partial charge in [-0.25, -0.2) is 0 Å². The predicted octanol–water partition coefficient (Wildman–Crippen LogP) is 4.50. The number of nitrogens with zero attached hydrogens (tertiary/aromatic N) is 4. The van der Waals surface area contributed by atoms with Gasteiger partial charge in [-0.3, -0.25) is 19.9 Å². The summed E-state index contributed by atoms with van der Waals surface area (Å²) in [6, 6.07) is 22.5. The molecule has 154 valence electrons. The number of pyridine rings is 4. The molecule has 4 heterocycles. The van der Waals surface area contributed by atoms with Crippen LogP contribution in [0, 0.1) is 0 Å². The van der Waals surface area contributed by atoms with Gasteiger partial charge in [0, 0.05) is 35.9 Å². The van der Waals surface area contributed by atoms with Gasteiger partial charge in [0.05, 0.1) is 22.8 Å². The second-order valence-corrected chi connectivity index (χ2v) is 7.30. The van der Waals surface area contributed by atoms with Crippen LogP contribution in [0.1, 0.15) is 22.8 Å². The molecule has 5 nitrogen and oxygen atoms in total. The van der Waals surface area contributed by atoms with Crippen molar-refractivity contribution in [3.05, 3.63) is 150 Å². The molecule has 0 fully saturated rings. The zero-order valence-corrected chi connectivity index (χ0v) is 17.2. The molecule has 0 saturated heterocycles. The van der Waals surface area contributed by atoms with E-state index in [9.17, 15) is 5.11 Å². The maximum atomic E-state index is 12.3. The van der Waals surface area contributed by atoms with Gasteiger partial charge in [0.2, 0.25) is 0 Å². The third kappa shape index (κ3) is 3.45. The monoisotopic (exact) mass is 416 g/mol. The van der Waals surface area contributed by atoms with Gasteiger partial charge in [0.25, 0.3) is 0 Å². The van der Waals surface area contributed by atoms with Crippen LogP contribution in [-0.2, 0) is 5.60 Å². The molecule has 32 heavy (non-hydrogen) atoms. The van der Waals surface area contributed by atoms with E-state index in [1.54, 1.807) is 24.8 Å². The first kappa shape index (κ1) is 19.7. The number of hydrogen-bond donors (Lipinski definition) is 1. The van der Waals surface area contributed by atoms with Crippen molar-refractivity contribution in [2.75, 3.05) is 0 Å². The molecule has 5 rings (SSSR count). The smallest absolute Gasteiger partial charge is 0.174 e. The van der Waals surface area contributed by atoms with Crippen molar-refractivity contribution in [2.45, 2.75) is 5.60 Å². The highest BCUT2D eigenvalue weighted by atomic mass is 16.3. The van der Waals surface area contributed by atoms with Crippen LogP contribution in [0.25, 0.3) is 5.57 Å². The van der Waals surface area contributed by atoms with E-state index in [2.05, 4.69) is 19.9 Å². The van der Waals surface area contributed by atoms with Gasteiger partial charge < -0.3 is 5.11 Å². The largest absolute Gasteiger partial charge is 0.373 e. The zero-order chi connectivity index (χ0) is 21.8. The Hall–Kier alpha value is -4.22. The third-order valence-electron chi connectivity index (χ3n) is 5.39. The van der Waals surface area contributed by atoms with Crippen LogP contribution in [0.4, 0.5) is 0 Å². The number of hydrogen-bond acceptors (Lipinski definition) is 5. The summed E-state index contributed by atoms with van der Waals surface area (Å²) >= 11 is 0. The molecule has 0 saturated carbocycles. The summed E-state index contributed by atoms with van der Waals surface area (Å²) in [5.74, 6) is 0. The summed E-state index contributed by atoms with van der Waals surface area (Å²) in [5, 5.41) is 12.3. The normalized spacial score (nSPS) is 13.2. The lowest BCUT2D eigenvalue weighted by Gasteiger charge is -2.30. The first-order valence-electron chi connectivity index (χ1n) is 10.3. The molecule has 0 atom stereocenters. The van der Waals surface area contributed by atoms with Crippen LogP contribution in [0.15, 0.2) is 127 Å². The Morgan fingerprint density at radius 3 is 1.56 bits per heavy atom. The molecule has 0 spiro atoms. The van der Waals surface area contributed by atoms with E-state index in [0.29, 0.717) is 17.0 Å². The number of rotatable bonds is 5. The van der Waals surface area contributed by atoms with Crippen LogP contribution in [0.2, 0.25) is 0 Å². The molecule has 0 radical (unpaired) electrons. The van der Waals surface area contributed by atoms with Crippen LogP contribution in [-0.4, -0.2) is 25.0 Å². The lowest BCUT2D eigenvalue weighted by molar-refractivity contribution is 0.114. The minimum atomic E-state index is -1.56. The van der Waals surface area contributed by atoms with E-state index in [4.69, 9.17) is 0 Å². The Balaban J connectivity index is 1.79. The maximum absolute atomic E-state index is 12.3. The highest BCUT2D eigenvalue weighted by molar-refractivity contribution is 5.85. The van der Waals surface area contributed by atoms with Gasteiger partial charge >= 0.3 is 0 Å². The van der Waals surface area contributed by atoms with Crippen molar-refractivity contribution in [3.8, 4) is 0 Å².